The van der Waals surface area contributed by atoms with Crippen LogP contribution in [-0.4, -0.2) is 30.6 Å². The number of hydrogen-bond donors (Lipinski definition) is 2. The molecule has 0 saturated carbocycles. The number of rotatable bonds is 6. The van der Waals surface area contributed by atoms with Gasteiger partial charge >= 0.3 is 0 Å². The van der Waals surface area contributed by atoms with E-state index in [1.807, 2.05) is 37.4 Å². The molecule has 1 aromatic heterocycles. The van der Waals surface area contributed by atoms with E-state index in [9.17, 15) is 0 Å². The largest absolute Gasteiger partial charge is 0.489 e. The van der Waals surface area contributed by atoms with Gasteiger partial charge in [0.2, 0.25) is 0 Å². The van der Waals surface area contributed by atoms with Crippen molar-refractivity contribution in [3.8, 4) is 5.75 Å². The zero-order valence-corrected chi connectivity index (χ0v) is 16.1. The maximum absolute atomic E-state index is 5.96. The predicted molar refractivity (Wildman–Crippen MR) is 111 cm³/mol. The number of guanidine groups is 1. The Labute approximate surface area is 160 Å². The summed E-state index contributed by atoms with van der Waals surface area (Å²) in [5.41, 5.74) is 3.34. The molecule has 3 aromatic rings. The van der Waals surface area contributed by atoms with Gasteiger partial charge < -0.3 is 15.4 Å². The van der Waals surface area contributed by atoms with Crippen LogP contribution in [0.15, 0.2) is 65.8 Å². The number of aryl methyl sites for hydroxylation is 1. The quantitative estimate of drug-likeness (QED) is 0.519. The fraction of sp³-hybridized carbons (Fsp3) is 0.273. The van der Waals surface area contributed by atoms with Gasteiger partial charge in [-0.05, 0) is 43.2 Å². The first kappa shape index (κ1) is 18.7. The van der Waals surface area contributed by atoms with Crippen LogP contribution in [0.4, 0.5) is 0 Å². The number of nitrogens with one attached hydrogen (secondary N) is 2. The fourth-order valence-corrected chi connectivity index (χ4v) is 2.91. The number of para-hydroxylation sites is 1. The van der Waals surface area contributed by atoms with E-state index in [-0.39, 0.29) is 6.10 Å². The minimum atomic E-state index is 0.0181. The molecule has 140 valence electrons. The first-order valence-corrected chi connectivity index (χ1v) is 9.16. The Morgan fingerprint density at radius 3 is 2.74 bits per heavy atom. The molecule has 1 atom stereocenters. The molecule has 0 radical (unpaired) electrons. The Balaban J connectivity index is 1.53. The zero-order chi connectivity index (χ0) is 19.1. The van der Waals surface area contributed by atoms with Crippen molar-refractivity contribution in [3.63, 3.8) is 0 Å². The van der Waals surface area contributed by atoms with Crippen molar-refractivity contribution in [2.24, 2.45) is 4.99 Å². The lowest BCUT2D eigenvalue weighted by molar-refractivity contribution is 0.223. The Morgan fingerprint density at radius 1 is 1.11 bits per heavy atom. The van der Waals surface area contributed by atoms with E-state index in [1.165, 1.54) is 5.56 Å². The number of aliphatic imine (C=N–C) groups is 1. The van der Waals surface area contributed by atoms with Gasteiger partial charge in [-0.15, -0.1) is 0 Å². The molecule has 1 heterocycles. The molecule has 0 amide bonds. The molecule has 27 heavy (non-hydrogen) atoms. The van der Waals surface area contributed by atoms with E-state index in [0.29, 0.717) is 13.1 Å². The third-order valence-corrected chi connectivity index (χ3v) is 4.27. The van der Waals surface area contributed by atoms with E-state index in [4.69, 9.17) is 4.74 Å². The second-order valence-electron chi connectivity index (χ2n) is 6.54. The molecule has 0 aliphatic rings. The van der Waals surface area contributed by atoms with Crippen LogP contribution in [0.25, 0.3) is 10.9 Å². The van der Waals surface area contributed by atoms with Crippen molar-refractivity contribution in [1.82, 2.24) is 15.6 Å². The number of benzene rings is 2. The molecule has 0 fully saturated rings. The molecule has 3 rings (SSSR count). The summed E-state index contributed by atoms with van der Waals surface area (Å²) in [7, 11) is 1.77. The van der Waals surface area contributed by atoms with E-state index >= 15 is 0 Å². The third kappa shape index (κ3) is 5.20. The Bertz CT molecular complexity index is 918. The van der Waals surface area contributed by atoms with E-state index in [1.54, 1.807) is 7.05 Å². The van der Waals surface area contributed by atoms with Gasteiger partial charge in [-0.3, -0.25) is 9.98 Å². The van der Waals surface area contributed by atoms with E-state index in [2.05, 4.69) is 57.9 Å². The van der Waals surface area contributed by atoms with Crippen molar-refractivity contribution in [2.75, 3.05) is 13.6 Å². The molecule has 0 aliphatic heterocycles. The van der Waals surface area contributed by atoms with Gasteiger partial charge in [0.25, 0.3) is 0 Å². The summed E-state index contributed by atoms with van der Waals surface area (Å²) < 4.78 is 5.96. The van der Waals surface area contributed by atoms with E-state index in [0.717, 1.165) is 28.2 Å². The Kier molecular flexibility index (Phi) is 6.26. The summed E-state index contributed by atoms with van der Waals surface area (Å²) in [4.78, 5) is 8.79. The molecule has 0 aliphatic carbocycles. The lowest BCUT2D eigenvalue weighted by Gasteiger charge is -2.18. The molecule has 2 aromatic carbocycles. The first-order valence-electron chi connectivity index (χ1n) is 9.16. The minimum absolute atomic E-state index is 0.0181. The Morgan fingerprint density at radius 2 is 1.93 bits per heavy atom. The first-order chi connectivity index (χ1) is 13.2. The SMILES string of the molecule is CN=C(NCc1cccc2cccnc12)NCC(C)Oc1cccc(C)c1. The topological polar surface area (TPSA) is 58.5 Å². The molecular formula is C22H26N4O. The van der Waals surface area contributed by atoms with Crippen molar-refractivity contribution in [3.05, 3.63) is 71.9 Å². The maximum Gasteiger partial charge on any atom is 0.191 e. The highest BCUT2D eigenvalue weighted by atomic mass is 16.5. The highest BCUT2D eigenvalue weighted by Crippen LogP contribution is 2.16. The summed E-state index contributed by atoms with van der Waals surface area (Å²) >= 11 is 0. The average molecular weight is 362 g/mol. The van der Waals surface area contributed by atoms with Crippen LogP contribution in [0.2, 0.25) is 0 Å². The Hall–Kier alpha value is -3.08. The molecule has 1 unspecified atom stereocenters. The number of aromatic nitrogens is 1. The lowest BCUT2D eigenvalue weighted by Crippen LogP contribution is -2.41. The van der Waals surface area contributed by atoms with Gasteiger partial charge in [-0.2, -0.15) is 0 Å². The molecule has 0 bridgehead atoms. The molecule has 0 spiro atoms. The lowest BCUT2D eigenvalue weighted by atomic mass is 10.1. The fourth-order valence-electron chi connectivity index (χ4n) is 2.91. The van der Waals surface area contributed by atoms with Crippen LogP contribution in [0.3, 0.4) is 0 Å². The van der Waals surface area contributed by atoms with Crippen LogP contribution in [0.1, 0.15) is 18.1 Å². The van der Waals surface area contributed by atoms with Gasteiger partial charge in [-0.1, -0.05) is 36.4 Å². The van der Waals surface area contributed by atoms with Gasteiger partial charge in [-0.25, -0.2) is 0 Å². The summed E-state index contributed by atoms with van der Waals surface area (Å²) in [5, 5.41) is 7.80. The number of hydrogen-bond acceptors (Lipinski definition) is 3. The van der Waals surface area contributed by atoms with Gasteiger partial charge in [0.05, 0.1) is 12.1 Å². The number of fused-ring (bicyclic) bond motifs is 1. The van der Waals surface area contributed by atoms with Crippen molar-refractivity contribution in [2.45, 2.75) is 26.5 Å². The molecule has 5 heteroatoms. The number of nitrogens with zero attached hydrogens (tertiary/aromatic N) is 2. The molecular weight excluding hydrogens is 336 g/mol. The smallest absolute Gasteiger partial charge is 0.191 e. The summed E-state index contributed by atoms with van der Waals surface area (Å²) in [5.74, 6) is 1.62. The third-order valence-electron chi connectivity index (χ3n) is 4.27. The summed E-state index contributed by atoms with van der Waals surface area (Å²) in [6, 6.07) is 18.3. The summed E-state index contributed by atoms with van der Waals surface area (Å²) in [6.07, 6.45) is 1.84. The normalized spacial score (nSPS) is 12.6. The van der Waals surface area contributed by atoms with Crippen molar-refractivity contribution < 1.29 is 4.74 Å². The molecule has 2 N–H and O–H groups in total. The molecule has 5 nitrogen and oxygen atoms in total. The van der Waals surface area contributed by atoms with Crippen molar-refractivity contribution in [1.29, 1.82) is 0 Å². The van der Waals surface area contributed by atoms with Crippen LogP contribution < -0.4 is 15.4 Å². The van der Waals surface area contributed by atoms with Crippen LogP contribution in [0, 0.1) is 6.92 Å². The number of ether oxygens (including phenoxy) is 1. The monoisotopic (exact) mass is 362 g/mol. The second kappa shape index (κ2) is 9.03. The molecule has 0 saturated heterocycles. The zero-order valence-electron chi connectivity index (χ0n) is 16.1. The van der Waals surface area contributed by atoms with Crippen LogP contribution in [0.5, 0.6) is 5.75 Å². The second-order valence-corrected chi connectivity index (χ2v) is 6.54. The highest BCUT2D eigenvalue weighted by molar-refractivity contribution is 5.83. The van der Waals surface area contributed by atoms with Crippen LogP contribution >= 0.6 is 0 Å². The average Bonchev–Trinajstić information content (AvgIpc) is 2.68. The predicted octanol–water partition coefficient (Wildman–Crippen LogP) is 3.68. The van der Waals surface area contributed by atoms with Gasteiger partial charge in [0.15, 0.2) is 5.96 Å². The standard InChI is InChI=1S/C22H26N4O/c1-16-7-4-11-20(13-16)27-17(2)14-25-22(23-3)26-15-19-9-5-8-18-10-6-12-24-21(18)19/h4-13,17H,14-15H2,1-3H3,(H2,23,25,26). The maximum atomic E-state index is 5.96. The van der Waals surface area contributed by atoms with Crippen molar-refractivity contribution >= 4 is 16.9 Å². The van der Waals surface area contributed by atoms with Gasteiger partial charge in [0, 0.05) is 25.2 Å². The minimum Gasteiger partial charge on any atom is -0.489 e. The van der Waals surface area contributed by atoms with E-state index < -0.39 is 0 Å². The van der Waals surface area contributed by atoms with Crippen LogP contribution in [-0.2, 0) is 6.54 Å². The summed E-state index contributed by atoms with van der Waals surface area (Å²) in [6.45, 7) is 5.41. The number of pyridine rings is 1. The highest BCUT2D eigenvalue weighted by Gasteiger charge is 2.07. The van der Waals surface area contributed by atoms with Gasteiger partial charge in [0.1, 0.15) is 11.9 Å².